The second kappa shape index (κ2) is 5.87. The molecular weight excluding hydrogens is 286 g/mol. The molecular formula is C12H15NO4S2. The fourth-order valence-electron chi connectivity index (χ4n) is 1.71. The smallest absolute Gasteiger partial charge is 0.274 e. The zero-order valence-corrected chi connectivity index (χ0v) is 12.0. The van der Waals surface area contributed by atoms with E-state index in [1.165, 1.54) is 12.1 Å². The molecule has 0 spiro atoms. The molecule has 0 aromatic carbocycles. The molecule has 1 atom stereocenters. The summed E-state index contributed by atoms with van der Waals surface area (Å²) in [7, 11) is -3.68. The number of thiophene rings is 1. The van der Waals surface area contributed by atoms with E-state index in [0.29, 0.717) is 6.42 Å². The largest absolute Gasteiger partial charge is 0.446 e. The van der Waals surface area contributed by atoms with Crippen LogP contribution in [0.4, 0.5) is 0 Å². The van der Waals surface area contributed by atoms with E-state index in [1.54, 1.807) is 18.3 Å². The maximum absolute atomic E-state index is 12.0. The summed E-state index contributed by atoms with van der Waals surface area (Å²) in [5.41, 5.74) is 1.09. The molecule has 0 bridgehead atoms. The van der Waals surface area contributed by atoms with Gasteiger partial charge < -0.3 is 9.52 Å². The van der Waals surface area contributed by atoms with Crippen molar-refractivity contribution in [2.75, 3.05) is 0 Å². The SMILES string of the molecule is CC(Cc1ccsc1)NS(=O)(=O)c1ccc(CO)o1. The summed E-state index contributed by atoms with van der Waals surface area (Å²) in [4.78, 5) is 0. The first-order valence-corrected chi connectivity index (χ1v) is 8.17. The van der Waals surface area contributed by atoms with Gasteiger partial charge in [0.1, 0.15) is 12.4 Å². The van der Waals surface area contributed by atoms with E-state index in [2.05, 4.69) is 4.72 Å². The average Bonchev–Trinajstić information content (AvgIpc) is 2.97. The number of aliphatic hydroxyl groups is 1. The lowest BCUT2D eigenvalue weighted by Crippen LogP contribution is -2.33. The van der Waals surface area contributed by atoms with Crippen molar-refractivity contribution >= 4 is 21.4 Å². The lowest BCUT2D eigenvalue weighted by Gasteiger charge is -2.11. The van der Waals surface area contributed by atoms with Crippen molar-refractivity contribution in [3.63, 3.8) is 0 Å². The van der Waals surface area contributed by atoms with E-state index < -0.39 is 10.0 Å². The Labute approximate surface area is 115 Å². The third-order valence-corrected chi connectivity index (χ3v) is 4.73. The molecule has 5 nitrogen and oxygen atoms in total. The highest BCUT2D eigenvalue weighted by Gasteiger charge is 2.21. The van der Waals surface area contributed by atoms with Crippen molar-refractivity contribution in [2.24, 2.45) is 0 Å². The predicted molar refractivity (Wildman–Crippen MR) is 72.4 cm³/mol. The van der Waals surface area contributed by atoms with Gasteiger partial charge in [-0.25, -0.2) is 13.1 Å². The summed E-state index contributed by atoms with van der Waals surface area (Å²) in [6.45, 7) is 1.48. The van der Waals surface area contributed by atoms with Crippen molar-refractivity contribution in [3.8, 4) is 0 Å². The zero-order chi connectivity index (χ0) is 13.9. The van der Waals surface area contributed by atoms with Crippen LogP contribution in [-0.4, -0.2) is 19.6 Å². The Morgan fingerprint density at radius 1 is 1.42 bits per heavy atom. The second-order valence-electron chi connectivity index (χ2n) is 4.24. The van der Waals surface area contributed by atoms with Crippen LogP contribution in [0.2, 0.25) is 0 Å². The van der Waals surface area contributed by atoms with Gasteiger partial charge in [0.2, 0.25) is 5.09 Å². The van der Waals surface area contributed by atoms with Gasteiger partial charge >= 0.3 is 0 Å². The van der Waals surface area contributed by atoms with Crippen molar-refractivity contribution < 1.29 is 17.9 Å². The third kappa shape index (κ3) is 3.66. The van der Waals surface area contributed by atoms with E-state index >= 15 is 0 Å². The Morgan fingerprint density at radius 2 is 2.21 bits per heavy atom. The maximum Gasteiger partial charge on any atom is 0.274 e. The molecule has 19 heavy (non-hydrogen) atoms. The van der Waals surface area contributed by atoms with Gasteiger partial charge in [-0.05, 0) is 47.9 Å². The summed E-state index contributed by atoms with van der Waals surface area (Å²) in [5.74, 6) is 0.228. The quantitative estimate of drug-likeness (QED) is 0.852. The van der Waals surface area contributed by atoms with Crippen LogP contribution in [0.25, 0.3) is 0 Å². The van der Waals surface area contributed by atoms with Crippen LogP contribution < -0.4 is 4.72 Å². The molecule has 0 amide bonds. The lowest BCUT2D eigenvalue weighted by atomic mass is 10.1. The summed E-state index contributed by atoms with van der Waals surface area (Å²) in [5, 5.41) is 12.6. The highest BCUT2D eigenvalue weighted by molar-refractivity contribution is 7.89. The molecule has 0 aliphatic heterocycles. The average molecular weight is 301 g/mol. The normalized spacial score (nSPS) is 13.6. The number of hydrogen-bond donors (Lipinski definition) is 2. The molecule has 0 saturated heterocycles. The van der Waals surface area contributed by atoms with Crippen LogP contribution in [0.3, 0.4) is 0 Å². The van der Waals surface area contributed by atoms with E-state index in [-0.39, 0.29) is 23.5 Å². The van der Waals surface area contributed by atoms with Crippen LogP contribution in [0, 0.1) is 0 Å². The standard InChI is InChI=1S/C12H15NO4S2/c1-9(6-10-4-5-18-8-10)13-19(15,16)12-3-2-11(7-14)17-12/h2-5,8-9,13-14H,6-7H2,1H3. The van der Waals surface area contributed by atoms with Crippen molar-refractivity contribution in [1.82, 2.24) is 4.72 Å². The lowest BCUT2D eigenvalue weighted by molar-refractivity contribution is 0.236. The Bertz CT molecular complexity index is 616. The molecule has 0 saturated carbocycles. The molecule has 1 unspecified atom stereocenters. The molecule has 2 rings (SSSR count). The Hall–Kier alpha value is -1.15. The molecule has 2 aromatic heterocycles. The molecule has 2 aromatic rings. The number of nitrogens with one attached hydrogen (secondary N) is 1. The van der Waals surface area contributed by atoms with Gasteiger partial charge in [0, 0.05) is 6.04 Å². The first kappa shape index (κ1) is 14.3. The minimum Gasteiger partial charge on any atom is -0.446 e. The topological polar surface area (TPSA) is 79.5 Å². The zero-order valence-electron chi connectivity index (χ0n) is 10.4. The second-order valence-corrected chi connectivity index (χ2v) is 6.66. The molecule has 0 aliphatic rings. The van der Waals surface area contributed by atoms with Gasteiger partial charge in [0.25, 0.3) is 10.0 Å². The Kier molecular flexibility index (Phi) is 4.41. The number of aliphatic hydroxyl groups excluding tert-OH is 1. The summed E-state index contributed by atoms with van der Waals surface area (Å²) in [6, 6.07) is 4.51. The number of hydrogen-bond acceptors (Lipinski definition) is 5. The van der Waals surface area contributed by atoms with E-state index in [9.17, 15) is 8.42 Å². The monoisotopic (exact) mass is 301 g/mol. The van der Waals surface area contributed by atoms with Crippen LogP contribution in [-0.2, 0) is 23.1 Å². The first-order valence-electron chi connectivity index (χ1n) is 5.74. The predicted octanol–water partition coefficient (Wildman–Crippen LogP) is 1.74. The summed E-state index contributed by atoms with van der Waals surface area (Å²) >= 11 is 1.58. The van der Waals surface area contributed by atoms with E-state index in [1.807, 2.05) is 16.8 Å². The molecule has 2 heterocycles. The van der Waals surface area contributed by atoms with Gasteiger partial charge in [-0.1, -0.05) is 0 Å². The first-order chi connectivity index (χ1) is 9.01. The number of rotatable bonds is 6. The molecule has 0 radical (unpaired) electrons. The van der Waals surface area contributed by atoms with Crippen LogP contribution >= 0.6 is 11.3 Å². The summed E-state index contributed by atoms with van der Waals surface area (Å²) < 4.78 is 31.6. The van der Waals surface area contributed by atoms with Gasteiger partial charge in [-0.2, -0.15) is 11.3 Å². The van der Waals surface area contributed by atoms with Crippen LogP contribution in [0.5, 0.6) is 0 Å². The van der Waals surface area contributed by atoms with Crippen molar-refractivity contribution in [1.29, 1.82) is 0 Å². The minimum absolute atomic E-state index is 0.172. The fraction of sp³-hybridized carbons (Fsp3) is 0.333. The molecule has 7 heteroatoms. The van der Waals surface area contributed by atoms with Crippen molar-refractivity contribution in [2.45, 2.75) is 31.1 Å². The maximum atomic E-state index is 12.0. The minimum atomic E-state index is -3.68. The van der Waals surface area contributed by atoms with Crippen molar-refractivity contribution in [3.05, 3.63) is 40.3 Å². The number of sulfonamides is 1. The van der Waals surface area contributed by atoms with Gasteiger partial charge in [-0.3, -0.25) is 0 Å². The molecule has 0 fully saturated rings. The van der Waals surface area contributed by atoms with Crippen LogP contribution in [0.1, 0.15) is 18.2 Å². The van der Waals surface area contributed by atoms with E-state index in [0.717, 1.165) is 5.56 Å². The van der Waals surface area contributed by atoms with E-state index in [4.69, 9.17) is 9.52 Å². The fourth-order valence-corrected chi connectivity index (χ4v) is 3.59. The van der Waals surface area contributed by atoms with Gasteiger partial charge in [0.05, 0.1) is 0 Å². The summed E-state index contributed by atoms with van der Waals surface area (Å²) in [6.07, 6.45) is 0.621. The highest BCUT2D eigenvalue weighted by Crippen LogP contribution is 2.15. The Balaban J connectivity index is 2.04. The highest BCUT2D eigenvalue weighted by atomic mass is 32.2. The van der Waals surface area contributed by atoms with Gasteiger partial charge in [-0.15, -0.1) is 0 Å². The molecule has 2 N–H and O–H groups in total. The Morgan fingerprint density at radius 3 is 2.79 bits per heavy atom. The van der Waals surface area contributed by atoms with Crippen LogP contribution in [0.15, 0.2) is 38.5 Å². The molecule has 104 valence electrons. The number of furan rings is 1. The van der Waals surface area contributed by atoms with Gasteiger partial charge in [0.15, 0.2) is 0 Å². The molecule has 0 aliphatic carbocycles. The third-order valence-electron chi connectivity index (χ3n) is 2.54.